The van der Waals surface area contributed by atoms with Crippen LogP contribution in [0.25, 0.3) is 5.70 Å². The molecule has 1 fully saturated rings. The fourth-order valence-corrected chi connectivity index (χ4v) is 2.71. The second kappa shape index (κ2) is 8.59. The second-order valence-electron chi connectivity index (χ2n) is 5.81. The van der Waals surface area contributed by atoms with Crippen molar-refractivity contribution in [1.29, 1.82) is 0 Å². The number of nitrogens with zero attached hydrogens (tertiary/aromatic N) is 1. The Hall–Kier alpha value is -2.00. The number of hydrazine groups is 1. The van der Waals surface area contributed by atoms with E-state index >= 15 is 0 Å². The molecule has 23 heavy (non-hydrogen) atoms. The Labute approximate surface area is 138 Å². The highest BCUT2D eigenvalue weighted by atomic mass is 16.5. The van der Waals surface area contributed by atoms with Gasteiger partial charge in [0, 0.05) is 23.9 Å². The molecule has 0 amide bonds. The van der Waals surface area contributed by atoms with Gasteiger partial charge in [0.25, 0.3) is 0 Å². The molecule has 6 N–H and O–H groups in total. The van der Waals surface area contributed by atoms with Crippen molar-refractivity contribution in [3.8, 4) is 11.8 Å². The van der Waals surface area contributed by atoms with Crippen molar-refractivity contribution < 1.29 is 4.74 Å². The number of rotatable bonds is 4. The molecular weight excluding hydrogens is 288 g/mol. The Kier molecular flexibility index (Phi) is 6.48. The Morgan fingerprint density at radius 2 is 2.26 bits per heavy atom. The maximum Gasteiger partial charge on any atom is 0.0765 e. The van der Waals surface area contributed by atoms with E-state index in [2.05, 4.69) is 11.8 Å². The third kappa shape index (κ3) is 5.29. The zero-order valence-corrected chi connectivity index (χ0v) is 13.7. The first kappa shape index (κ1) is 17.4. The smallest absolute Gasteiger partial charge is 0.0765 e. The van der Waals surface area contributed by atoms with Crippen molar-refractivity contribution in [1.82, 2.24) is 5.01 Å². The summed E-state index contributed by atoms with van der Waals surface area (Å²) in [6.45, 7) is 3.84. The number of nitrogens with two attached hydrogens (primary N) is 3. The number of benzene rings is 1. The minimum absolute atomic E-state index is 0.188. The molecule has 1 aliphatic rings. The predicted molar refractivity (Wildman–Crippen MR) is 93.8 cm³/mol. The summed E-state index contributed by atoms with van der Waals surface area (Å²) >= 11 is 0. The lowest BCUT2D eigenvalue weighted by Crippen LogP contribution is -2.37. The molecule has 0 saturated carbocycles. The lowest BCUT2D eigenvalue weighted by atomic mass is 10.0. The van der Waals surface area contributed by atoms with E-state index in [9.17, 15) is 0 Å². The zero-order chi connectivity index (χ0) is 16.7. The van der Waals surface area contributed by atoms with Crippen LogP contribution in [-0.2, 0) is 4.74 Å². The lowest BCUT2D eigenvalue weighted by molar-refractivity contribution is 0.00166. The van der Waals surface area contributed by atoms with Crippen LogP contribution in [0.5, 0.6) is 0 Å². The number of hydrogen-bond acceptors (Lipinski definition) is 5. The van der Waals surface area contributed by atoms with E-state index < -0.39 is 0 Å². The zero-order valence-electron chi connectivity index (χ0n) is 13.7. The molecule has 0 aromatic heterocycles. The molecule has 2 rings (SSSR count). The van der Waals surface area contributed by atoms with Gasteiger partial charge in [-0.05, 0) is 43.9 Å². The van der Waals surface area contributed by atoms with E-state index in [0.717, 1.165) is 36.1 Å². The molecule has 0 aliphatic carbocycles. The fourth-order valence-electron chi connectivity index (χ4n) is 2.71. The van der Waals surface area contributed by atoms with Crippen molar-refractivity contribution in [2.75, 3.05) is 19.7 Å². The summed E-state index contributed by atoms with van der Waals surface area (Å²) in [5.41, 5.74) is 15.2. The summed E-state index contributed by atoms with van der Waals surface area (Å²) in [6.07, 6.45) is 5.34. The molecule has 1 heterocycles. The monoisotopic (exact) mass is 314 g/mol. The molecule has 5 heteroatoms. The quantitative estimate of drug-likeness (QED) is 0.443. The van der Waals surface area contributed by atoms with Crippen LogP contribution >= 0.6 is 0 Å². The van der Waals surface area contributed by atoms with Crippen LogP contribution in [0.2, 0.25) is 0 Å². The van der Waals surface area contributed by atoms with Crippen molar-refractivity contribution in [3.63, 3.8) is 0 Å². The average molecular weight is 314 g/mol. The largest absolute Gasteiger partial charge is 0.397 e. The molecule has 1 aromatic rings. The molecule has 0 spiro atoms. The Morgan fingerprint density at radius 3 is 2.91 bits per heavy atom. The van der Waals surface area contributed by atoms with E-state index in [1.54, 1.807) is 11.2 Å². The van der Waals surface area contributed by atoms with Gasteiger partial charge in [-0.1, -0.05) is 17.9 Å². The van der Waals surface area contributed by atoms with Crippen LogP contribution in [0.3, 0.4) is 0 Å². The van der Waals surface area contributed by atoms with Gasteiger partial charge in [-0.2, -0.15) is 0 Å². The molecule has 5 nitrogen and oxygen atoms in total. The summed E-state index contributed by atoms with van der Waals surface area (Å²) in [4.78, 5) is 0. The molecule has 0 bridgehead atoms. The van der Waals surface area contributed by atoms with Crippen LogP contribution in [0.15, 0.2) is 24.4 Å². The topological polar surface area (TPSA) is 90.5 Å². The molecule has 124 valence electrons. The van der Waals surface area contributed by atoms with Crippen molar-refractivity contribution >= 4 is 5.70 Å². The summed E-state index contributed by atoms with van der Waals surface area (Å²) < 4.78 is 5.70. The Balaban J connectivity index is 2.04. The maximum absolute atomic E-state index is 6.19. The van der Waals surface area contributed by atoms with Gasteiger partial charge in [0.2, 0.25) is 0 Å². The maximum atomic E-state index is 6.19. The molecule has 1 unspecified atom stereocenters. The van der Waals surface area contributed by atoms with E-state index in [1.165, 1.54) is 6.42 Å². The average Bonchev–Trinajstić information content (AvgIpc) is 2.53. The molecule has 1 aliphatic heterocycles. The van der Waals surface area contributed by atoms with Crippen LogP contribution in [0.4, 0.5) is 0 Å². The summed E-state index contributed by atoms with van der Waals surface area (Å²) in [7, 11) is 0. The number of aryl methyl sites for hydroxylation is 1. The molecule has 1 saturated heterocycles. The summed E-state index contributed by atoms with van der Waals surface area (Å²) in [6, 6.07) is 5.91. The molecular formula is C18H26N4O. The second-order valence-corrected chi connectivity index (χ2v) is 5.81. The minimum Gasteiger partial charge on any atom is -0.397 e. The van der Waals surface area contributed by atoms with Crippen LogP contribution < -0.4 is 17.3 Å². The highest BCUT2D eigenvalue weighted by Crippen LogP contribution is 2.18. The lowest BCUT2D eigenvalue weighted by Gasteiger charge is -2.26. The third-order valence-electron chi connectivity index (χ3n) is 3.87. The standard InChI is InChI=1S/C18H26N4O/c1-14-11-15(5-4-9-19)7-8-17(14)18(20)13-22(21)12-16-6-2-3-10-23-16/h7-8,11,13,16H,2-3,6,9-10,12,19-21H2,1H3/b18-13-. The molecule has 1 aromatic carbocycles. The van der Waals surface area contributed by atoms with Crippen LogP contribution in [-0.4, -0.2) is 30.8 Å². The fraction of sp³-hybridized carbons (Fsp3) is 0.444. The predicted octanol–water partition coefficient (Wildman–Crippen LogP) is 1.31. The van der Waals surface area contributed by atoms with Gasteiger partial charge in [0.15, 0.2) is 0 Å². The first-order valence-corrected chi connectivity index (χ1v) is 8.00. The van der Waals surface area contributed by atoms with Crippen molar-refractivity contribution in [2.45, 2.75) is 32.3 Å². The van der Waals surface area contributed by atoms with Crippen LogP contribution in [0, 0.1) is 18.8 Å². The van der Waals surface area contributed by atoms with E-state index in [0.29, 0.717) is 18.8 Å². The van der Waals surface area contributed by atoms with Crippen molar-refractivity contribution in [2.24, 2.45) is 17.3 Å². The van der Waals surface area contributed by atoms with Gasteiger partial charge in [-0.3, -0.25) is 0 Å². The highest BCUT2D eigenvalue weighted by Gasteiger charge is 2.15. The third-order valence-corrected chi connectivity index (χ3v) is 3.87. The van der Waals surface area contributed by atoms with Crippen LogP contribution in [0.1, 0.15) is 36.0 Å². The summed E-state index contributed by atoms with van der Waals surface area (Å²) in [5.74, 6) is 11.9. The number of ether oxygens (including phenoxy) is 1. The normalized spacial score (nSPS) is 18.2. The molecule has 0 radical (unpaired) electrons. The van der Waals surface area contributed by atoms with Crippen molar-refractivity contribution in [3.05, 3.63) is 41.1 Å². The first-order valence-electron chi connectivity index (χ1n) is 8.00. The van der Waals surface area contributed by atoms with E-state index in [-0.39, 0.29) is 6.10 Å². The number of hydrogen-bond donors (Lipinski definition) is 3. The van der Waals surface area contributed by atoms with E-state index in [4.69, 9.17) is 22.0 Å². The Bertz CT molecular complexity index is 609. The van der Waals surface area contributed by atoms with Gasteiger partial charge < -0.3 is 21.2 Å². The van der Waals surface area contributed by atoms with Gasteiger partial charge in [-0.25, -0.2) is 5.84 Å². The SMILES string of the molecule is Cc1cc(C#CCN)ccc1/C(N)=C/N(N)CC1CCCCO1. The van der Waals surface area contributed by atoms with E-state index in [1.807, 2.05) is 25.1 Å². The van der Waals surface area contributed by atoms with Gasteiger partial charge in [0.05, 0.1) is 24.9 Å². The molecule has 1 atom stereocenters. The first-order chi connectivity index (χ1) is 11.1. The highest BCUT2D eigenvalue weighted by molar-refractivity contribution is 5.66. The Morgan fingerprint density at radius 1 is 1.43 bits per heavy atom. The van der Waals surface area contributed by atoms with Gasteiger partial charge in [0.1, 0.15) is 0 Å². The minimum atomic E-state index is 0.188. The van der Waals surface area contributed by atoms with Gasteiger partial charge >= 0.3 is 0 Å². The summed E-state index contributed by atoms with van der Waals surface area (Å²) in [5, 5.41) is 1.62. The van der Waals surface area contributed by atoms with Gasteiger partial charge in [-0.15, -0.1) is 0 Å².